The number of hydrogen-bond acceptors (Lipinski definition) is 6. The van der Waals surface area contributed by atoms with Crippen LogP contribution in [0, 0.1) is 5.41 Å². The monoisotopic (exact) mass is 578 g/mol. The fourth-order valence-electron chi connectivity index (χ4n) is 7.90. The quantitative estimate of drug-likeness (QED) is 0.225. The van der Waals surface area contributed by atoms with Crippen LogP contribution in [0.5, 0.6) is 11.5 Å². The van der Waals surface area contributed by atoms with Gasteiger partial charge in [-0.3, -0.25) is 4.90 Å². The van der Waals surface area contributed by atoms with Crippen molar-refractivity contribution in [1.82, 2.24) is 14.9 Å². The number of aromatic nitrogens is 2. The Hall–Kier alpha value is -3.84. The van der Waals surface area contributed by atoms with Crippen LogP contribution in [0.25, 0.3) is 11.0 Å². The van der Waals surface area contributed by atoms with Gasteiger partial charge >= 0.3 is 5.97 Å². The third-order valence-corrected chi connectivity index (χ3v) is 10.2. The Bertz CT molecular complexity index is 1610. The first-order chi connectivity index (χ1) is 20.9. The molecule has 1 spiro atoms. The molecule has 224 valence electrons. The molecule has 1 N–H and O–H groups in total. The molecule has 0 bridgehead atoms. The summed E-state index contributed by atoms with van der Waals surface area (Å²) in [6.07, 6.45) is 11.1. The number of ether oxygens (including phenoxy) is 2. The molecule has 1 saturated carbocycles. The maximum Gasteiger partial charge on any atom is 0.341 e. The summed E-state index contributed by atoms with van der Waals surface area (Å²) in [4.78, 5) is 25.4. The number of carbonyl (C=O) groups excluding carboxylic acids is 1. The zero-order valence-corrected chi connectivity index (χ0v) is 25.5. The molecule has 0 unspecified atom stereocenters. The topological polar surface area (TPSA) is 70.7 Å². The molecule has 2 aromatic heterocycles. The number of aromatic amines is 1. The van der Waals surface area contributed by atoms with Crippen molar-refractivity contribution in [3.63, 3.8) is 0 Å². The molecule has 0 amide bonds. The van der Waals surface area contributed by atoms with E-state index in [0.29, 0.717) is 40.5 Å². The first-order valence-electron chi connectivity index (χ1n) is 15.9. The first-order valence-corrected chi connectivity index (χ1v) is 15.9. The molecular formula is C36H42N4O3. The Kier molecular flexibility index (Phi) is 7.38. The van der Waals surface area contributed by atoms with E-state index in [4.69, 9.17) is 9.47 Å². The lowest BCUT2D eigenvalue weighted by Gasteiger charge is -2.56. The standard InChI is InChI=1S/C36H42N4O3/c1-24(2)29-7-4-5-8-30(29)32-9-6-16-40(32)27-21-36(22-27)13-17-39(18-14-36)26-10-11-31(35(41)42-3)33(20-26)43-28-19-25-12-15-37-34(25)38-23-28/h4-5,7-8,10-12,15,19-20,23-24,27,32H,6,9,13-14,16-18,21-22H2,1-3H3,(H,37,38)/t32-/m0/s1. The van der Waals surface area contributed by atoms with Gasteiger partial charge in [0.2, 0.25) is 0 Å². The third kappa shape index (κ3) is 5.29. The molecule has 4 heterocycles. The van der Waals surface area contributed by atoms with Crippen molar-refractivity contribution in [2.75, 3.05) is 31.6 Å². The van der Waals surface area contributed by atoms with E-state index in [2.05, 4.69) is 57.9 Å². The minimum Gasteiger partial charge on any atom is -0.465 e. The molecule has 1 aliphatic carbocycles. The third-order valence-electron chi connectivity index (χ3n) is 10.2. The zero-order chi connectivity index (χ0) is 29.6. The zero-order valence-electron chi connectivity index (χ0n) is 25.5. The second-order valence-corrected chi connectivity index (χ2v) is 13.1. The molecule has 0 radical (unpaired) electrons. The molecule has 7 rings (SSSR count). The molecule has 3 aliphatic rings. The molecule has 2 saturated heterocycles. The smallest absolute Gasteiger partial charge is 0.341 e. The van der Waals surface area contributed by atoms with Gasteiger partial charge in [-0.05, 0) is 91.8 Å². The van der Waals surface area contributed by atoms with Gasteiger partial charge in [-0.2, -0.15) is 0 Å². The number of H-pyrrole nitrogens is 1. The summed E-state index contributed by atoms with van der Waals surface area (Å²) >= 11 is 0. The average Bonchev–Trinajstić information content (AvgIpc) is 3.69. The van der Waals surface area contributed by atoms with Crippen molar-refractivity contribution in [2.24, 2.45) is 5.41 Å². The van der Waals surface area contributed by atoms with Crippen LogP contribution >= 0.6 is 0 Å². The van der Waals surface area contributed by atoms with Crippen molar-refractivity contribution in [3.05, 3.63) is 83.7 Å². The predicted octanol–water partition coefficient (Wildman–Crippen LogP) is 7.85. The number of piperidine rings is 1. The molecule has 43 heavy (non-hydrogen) atoms. The van der Waals surface area contributed by atoms with E-state index in [0.717, 1.165) is 29.8 Å². The van der Waals surface area contributed by atoms with Crippen molar-refractivity contribution in [1.29, 1.82) is 0 Å². The molecule has 3 fully saturated rings. The minimum atomic E-state index is -0.411. The van der Waals surface area contributed by atoms with E-state index < -0.39 is 5.97 Å². The maximum atomic E-state index is 12.6. The summed E-state index contributed by atoms with van der Waals surface area (Å²) in [5.74, 6) is 1.23. The fourth-order valence-corrected chi connectivity index (χ4v) is 7.90. The summed E-state index contributed by atoms with van der Waals surface area (Å²) < 4.78 is 11.3. The molecule has 4 aromatic rings. The summed E-state index contributed by atoms with van der Waals surface area (Å²) in [6.45, 7) is 7.90. The SMILES string of the molecule is COC(=O)c1ccc(N2CCC3(CC2)CC(N2CCC[C@H]2c2ccccc2C(C)C)C3)cc1Oc1cnc2[nH]ccc2c1. The lowest BCUT2D eigenvalue weighted by molar-refractivity contribution is -0.0227. The lowest BCUT2D eigenvalue weighted by atomic mass is 9.59. The molecule has 7 nitrogen and oxygen atoms in total. The number of carbonyl (C=O) groups is 1. The molecular weight excluding hydrogens is 536 g/mol. The Morgan fingerprint density at radius 1 is 1.05 bits per heavy atom. The Morgan fingerprint density at radius 3 is 2.65 bits per heavy atom. The fraction of sp³-hybridized carbons (Fsp3) is 0.444. The molecule has 1 atom stereocenters. The molecule has 2 aromatic carbocycles. The van der Waals surface area contributed by atoms with Gasteiger partial charge in [-0.25, -0.2) is 9.78 Å². The number of nitrogens with zero attached hydrogens (tertiary/aromatic N) is 3. The van der Waals surface area contributed by atoms with E-state index in [9.17, 15) is 4.79 Å². The number of fused-ring (bicyclic) bond motifs is 1. The Morgan fingerprint density at radius 2 is 1.86 bits per heavy atom. The molecule has 7 heteroatoms. The van der Waals surface area contributed by atoms with Gasteiger partial charge in [-0.1, -0.05) is 38.1 Å². The van der Waals surface area contributed by atoms with Crippen LogP contribution in [0.3, 0.4) is 0 Å². The van der Waals surface area contributed by atoms with Crippen LogP contribution in [0.15, 0.2) is 67.0 Å². The highest BCUT2D eigenvalue weighted by Gasteiger charge is 2.50. The highest BCUT2D eigenvalue weighted by molar-refractivity contribution is 5.93. The summed E-state index contributed by atoms with van der Waals surface area (Å²) in [7, 11) is 1.40. The van der Waals surface area contributed by atoms with Crippen molar-refractivity contribution < 1.29 is 14.3 Å². The van der Waals surface area contributed by atoms with E-state index in [1.165, 1.54) is 57.7 Å². The summed E-state index contributed by atoms with van der Waals surface area (Å²) in [5, 5.41) is 0.956. The van der Waals surface area contributed by atoms with Gasteiger partial charge in [0.1, 0.15) is 22.7 Å². The van der Waals surface area contributed by atoms with Crippen molar-refractivity contribution in [2.45, 2.75) is 70.4 Å². The second kappa shape index (κ2) is 11.3. The van der Waals surface area contributed by atoms with Crippen molar-refractivity contribution >= 4 is 22.7 Å². The lowest BCUT2D eigenvalue weighted by Crippen LogP contribution is -2.54. The molecule has 2 aliphatic heterocycles. The van der Waals surface area contributed by atoms with Gasteiger partial charge in [-0.15, -0.1) is 0 Å². The maximum absolute atomic E-state index is 12.6. The summed E-state index contributed by atoms with van der Waals surface area (Å²) in [5.41, 5.74) is 5.82. The number of likely N-dealkylation sites (tertiary alicyclic amines) is 1. The summed E-state index contributed by atoms with van der Waals surface area (Å²) in [6, 6.07) is 20.1. The first kappa shape index (κ1) is 28.0. The van der Waals surface area contributed by atoms with Gasteiger partial charge in [0.05, 0.1) is 13.3 Å². The van der Waals surface area contributed by atoms with E-state index >= 15 is 0 Å². The van der Waals surface area contributed by atoms with Crippen LogP contribution in [0.4, 0.5) is 5.69 Å². The van der Waals surface area contributed by atoms with E-state index in [-0.39, 0.29) is 0 Å². The van der Waals surface area contributed by atoms with E-state index in [1.807, 2.05) is 36.5 Å². The number of pyridine rings is 1. The highest BCUT2D eigenvalue weighted by atomic mass is 16.5. The van der Waals surface area contributed by atoms with Gasteiger partial charge in [0.15, 0.2) is 0 Å². The van der Waals surface area contributed by atoms with Gasteiger partial charge < -0.3 is 19.4 Å². The number of methoxy groups -OCH3 is 1. The van der Waals surface area contributed by atoms with Crippen molar-refractivity contribution in [3.8, 4) is 11.5 Å². The minimum absolute atomic E-state index is 0.411. The van der Waals surface area contributed by atoms with E-state index in [1.54, 1.807) is 11.8 Å². The van der Waals surface area contributed by atoms with Gasteiger partial charge in [0, 0.05) is 48.5 Å². The number of anilines is 1. The normalized spacial score (nSPS) is 20.6. The number of hydrogen-bond donors (Lipinski definition) is 1. The number of esters is 1. The van der Waals surface area contributed by atoms with Gasteiger partial charge in [0.25, 0.3) is 0 Å². The highest BCUT2D eigenvalue weighted by Crippen LogP contribution is 2.54. The Labute approximate surface area is 254 Å². The van der Waals surface area contributed by atoms with Crippen LogP contribution in [-0.4, -0.2) is 53.6 Å². The number of benzene rings is 2. The van der Waals surface area contributed by atoms with Crippen LogP contribution in [0.1, 0.15) is 85.8 Å². The predicted molar refractivity (Wildman–Crippen MR) is 170 cm³/mol. The Balaban J connectivity index is 1.03. The largest absolute Gasteiger partial charge is 0.465 e. The number of rotatable bonds is 7. The van der Waals surface area contributed by atoms with Crippen LogP contribution in [0.2, 0.25) is 0 Å². The number of nitrogens with one attached hydrogen (secondary N) is 1. The van der Waals surface area contributed by atoms with Crippen LogP contribution < -0.4 is 9.64 Å². The van der Waals surface area contributed by atoms with Crippen LogP contribution in [-0.2, 0) is 4.74 Å². The second-order valence-electron chi connectivity index (χ2n) is 13.1. The average molecular weight is 579 g/mol.